The van der Waals surface area contributed by atoms with Gasteiger partial charge < -0.3 is 15.0 Å². The Kier molecular flexibility index (Phi) is 3.77. The molecule has 108 valence electrons. The average molecular weight is 282 g/mol. The predicted molar refractivity (Wildman–Crippen MR) is 84.2 cm³/mol. The van der Waals surface area contributed by atoms with Crippen LogP contribution < -0.4 is 15.0 Å². The summed E-state index contributed by atoms with van der Waals surface area (Å²) in [7, 11) is 1.82. The van der Waals surface area contributed by atoms with Crippen molar-refractivity contribution in [3.63, 3.8) is 0 Å². The summed E-state index contributed by atoms with van der Waals surface area (Å²) in [4.78, 5) is 14.7. The molecule has 1 heterocycles. The van der Waals surface area contributed by atoms with Crippen LogP contribution in [-0.2, 0) is 0 Å². The second-order valence-electron chi connectivity index (χ2n) is 4.92. The number of fused-ring (bicyclic) bond motifs is 1. The van der Waals surface area contributed by atoms with E-state index < -0.39 is 0 Å². The van der Waals surface area contributed by atoms with Gasteiger partial charge in [-0.05, 0) is 30.7 Å². The zero-order valence-corrected chi connectivity index (χ0v) is 12.0. The summed E-state index contributed by atoms with van der Waals surface area (Å²) >= 11 is 0. The molecule has 4 nitrogen and oxygen atoms in total. The molecule has 1 N–H and O–H groups in total. The number of nitrogens with zero attached hydrogens (tertiary/aromatic N) is 1. The summed E-state index contributed by atoms with van der Waals surface area (Å²) in [6, 6.07) is 15.3. The van der Waals surface area contributed by atoms with Gasteiger partial charge in [-0.1, -0.05) is 24.3 Å². The first-order valence-electron chi connectivity index (χ1n) is 7.12. The highest BCUT2D eigenvalue weighted by Gasteiger charge is 2.24. The Morgan fingerprint density at radius 1 is 1.14 bits per heavy atom. The zero-order valence-electron chi connectivity index (χ0n) is 12.0. The van der Waals surface area contributed by atoms with E-state index in [0.717, 1.165) is 23.5 Å². The topological polar surface area (TPSA) is 41.6 Å². The van der Waals surface area contributed by atoms with Crippen LogP contribution in [0.3, 0.4) is 0 Å². The molecule has 0 fully saturated rings. The number of carbonyl (C=O) groups is 1. The number of benzene rings is 2. The number of anilines is 2. The zero-order chi connectivity index (χ0) is 14.7. The van der Waals surface area contributed by atoms with Crippen LogP contribution in [0.1, 0.15) is 16.8 Å². The van der Waals surface area contributed by atoms with Gasteiger partial charge in [0.1, 0.15) is 5.75 Å². The van der Waals surface area contributed by atoms with Crippen LogP contribution in [-0.4, -0.2) is 26.1 Å². The number of hydrogen-bond acceptors (Lipinski definition) is 3. The van der Waals surface area contributed by atoms with Crippen LogP contribution in [0, 0.1) is 0 Å². The molecular formula is C17H18N2O2. The molecule has 0 aromatic heterocycles. The second kappa shape index (κ2) is 5.87. The minimum atomic E-state index is -0.00194. The first kappa shape index (κ1) is 13.5. The number of amides is 1. The highest BCUT2D eigenvalue weighted by molar-refractivity contribution is 6.10. The lowest BCUT2D eigenvalue weighted by Gasteiger charge is -2.23. The van der Waals surface area contributed by atoms with E-state index in [1.54, 1.807) is 4.90 Å². The summed E-state index contributed by atoms with van der Waals surface area (Å²) in [5.74, 6) is 0.767. The van der Waals surface area contributed by atoms with Crippen LogP contribution in [0.15, 0.2) is 48.5 Å². The minimum Gasteiger partial charge on any atom is -0.491 e. The molecule has 0 saturated heterocycles. The van der Waals surface area contributed by atoms with Crippen molar-refractivity contribution in [2.45, 2.75) is 6.42 Å². The first-order chi connectivity index (χ1) is 10.3. The smallest absolute Gasteiger partial charge is 0.260 e. The van der Waals surface area contributed by atoms with Crippen molar-refractivity contribution in [3.05, 3.63) is 54.1 Å². The fourth-order valence-electron chi connectivity index (χ4n) is 2.57. The van der Waals surface area contributed by atoms with E-state index in [-0.39, 0.29) is 5.91 Å². The third kappa shape index (κ3) is 2.57. The molecular weight excluding hydrogens is 264 g/mol. The number of ether oxygens (including phenoxy) is 1. The molecule has 0 spiro atoms. The summed E-state index contributed by atoms with van der Waals surface area (Å²) in [6.45, 7) is 1.29. The molecule has 0 radical (unpaired) electrons. The van der Waals surface area contributed by atoms with Crippen molar-refractivity contribution in [2.75, 3.05) is 30.4 Å². The van der Waals surface area contributed by atoms with Gasteiger partial charge in [-0.25, -0.2) is 0 Å². The van der Waals surface area contributed by atoms with Crippen LogP contribution >= 0.6 is 0 Å². The Morgan fingerprint density at radius 2 is 1.90 bits per heavy atom. The molecule has 4 heteroatoms. The van der Waals surface area contributed by atoms with E-state index >= 15 is 0 Å². The van der Waals surface area contributed by atoms with Crippen molar-refractivity contribution >= 4 is 17.3 Å². The first-order valence-corrected chi connectivity index (χ1v) is 7.12. The van der Waals surface area contributed by atoms with Crippen molar-refractivity contribution < 1.29 is 9.53 Å². The number of rotatable bonds is 2. The van der Waals surface area contributed by atoms with E-state index in [9.17, 15) is 4.79 Å². The number of carbonyl (C=O) groups excluding carboxylic acids is 1. The van der Waals surface area contributed by atoms with Crippen LogP contribution in [0.4, 0.5) is 11.4 Å². The number of para-hydroxylation sites is 3. The van der Waals surface area contributed by atoms with Gasteiger partial charge in [0, 0.05) is 19.3 Å². The van der Waals surface area contributed by atoms with Gasteiger partial charge >= 0.3 is 0 Å². The van der Waals surface area contributed by atoms with Gasteiger partial charge in [0.05, 0.1) is 17.9 Å². The SMILES string of the molecule is CNc1ccccc1C(=O)N1CCCOc2ccccc21. The predicted octanol–water partition coefficient (Wildman–Crippen LogP) is 3.16. The molecule has 0 unspecified atom stereocenters. The van der Waals surface area contributed by atoms with E-state index in [0.29, 0.717) is 18.7 Å². The average Bonchev–Trinajstić information content (AvgIpc) is 2.76. The molecule has 3 rings (SSSR count). The van der Waals surface area contributed by atoms with Crippen molar-refractivity contribution in [1.82, 2.24) is 0 Å². The highest BCUT2D eigenvalue weighted by Crippen LogP contribution is 2.32. The molecule has 0 aliphatic carbocycles. The lowest BCUT2D eigenvalue weighted by molar-refractivity contribution is 0.0988. The minimum absolute atomic E-state index is 0.00194. The van der Waals surface area contributed by atoms with Crippen LogP contribution in [0.5, 0.6) is 5.75 Å². The van der Waals surface area contributed by atoms with E-state index in [2.05, 4.69) is 5.32 Å². The standard InChI is InChI=1S/C17H18N2O2/c1-18-14-8-3-2-7-13(14)17(20)19-11-6-12-21-16-10-5-4-9-15(16)19/h2-5,7-10,18H,6,11-12H2,1H3. The molecule has 1 aliphatic heterocycles. The Morgan fingerprint density at radius 3 is 2.76 bits per heavy atom. The number of nitrogens with one attached hydrogen (secondary N) is 1. The maximum absolute atomic E-state index is 12.9. The van der Waals surface area contributed by atoms with Crippen LogP contribution in [0.25, 0.3) is 0 Å². The van der Waals surface area contributed by atoms with E-state index in [4.69, 9.17) is 4.74 Å². The molecule has 0 saturated carbocycles. The maximum atomic E-state index is 12.9. The van der Waals surface area contributed by atoms with Crippen LogP contribution in [0.2, 0.25) is 0 Å². The third-order valence-corrected chi connectivity index (χ3v) is 3.61. The third-order valence-electron chi connectivity index (χ3n) is 3.61. The van der Waals surface area contributed by atoms with Crippen molar-refractivity contribution in [1.29, 1.82) is 0 Å². The Hall–Kier alpha value is -2.49. The van der Waals surface area contributed by atoms with E-state index in [1.807, 2.05) is 55.6 Å². The maximum Gasteiger partial charge on any atom is 0.260 e. The molecule has 2 aromatic carbocycles. The highest BCUT2D eigenvalue weighted by atomic mass is 16.5. The van der Waals surface area contributed by atoms with Gasteiger partial charge in [0.2, 0.25) is 0 Å². The monoisotopic (exact) mass is 282 g/mol. The van der Waals surface area contributed by atoms with Crippen molar-refractivity contribution in [2.24, 2.45) is 0 Å². The summed E-state index contributed by atoms with van der Waals surface area (Å²) < 4.78 is 5.71. The van der Waals surface area contributed by atoms with Crippen molar-refractivity contribution in [3.8, 4) is 5.75 Å². The quantitative estimate of drug-likeness (QED) is 0.920. The van der Waals surface area contributed by atoms with Gasteiger partial charge in [-0.15, -0.1) is 0 Å². The second-order valence-corrected chi connectivity index (χ2v) is 4.92. The normalized spacial score (nSPS) is 13.9. The van der Waals surface area contributed by atoms with Gasteiger partial charge in [0.25, 0.3) is 5.91 Å². The van der Waals surface area contributed by atoms with E-state index in [1.165, 1.54) is 0 Å². The fraction of sp³-hybridized carbons (Fsp3) is 0.235. The Labute approximate surface area is 124 Å². The fourth-order valence-corrected chi connectivity index (χ4v) is 2.57. The summed E-state index contributed by atoms with van der Waals surface area (Å²) in [5, 5.41) is 3.08. The summed E-state index contributed by atoms with van der Waals surface area (Å²) in [6.07, 6.45) is 0.822. The molecule has 2 aromatic rings. The van der Waals surface area contributed by atoms with Gasteiger partial charge in [-0.2, -0.15) is 0 Å². The molecule has 0 atom stereocenters. The molecule has 1 aliphatic rings. The Balaban J connectivity index is 2.01. The Bertz CT molecular complexity index is 655. The lowest BCUT2D eigenvalue weighted by atomic mass is 10.1. The van der Waals surface area contributed by atoms with Gasteiger partial charge in [0.15, 0.2) is 0 Å². The van der Waals surface area contributed by atoms with Gasteiger partial charge in [-0.3, -0.25) is 4.79 Å². The number of hydrogen-bond donors (Lipinski definition) is 1. The largest absolute Gasteiger partial charge is 0.491 e. The lowest BCUT2D eigenvalue weighted by Crippen LogP contribution is -2.32. The molecule has 0 bridgehead atoms. The molecule has 1 amide bonds. The summed E-state index contributed by atoms with van der Waals surface area (Å²) in [5.41, 5.74) is 2.35. The molecule has 21 heavy (non-hydrogen) atoms.